The van der Waals surface area contributed by atoms with Crippen LogP contribution in [0, 0.1) is 20.8 Å². The minimum Gasteiger partial charge on any atom is -0.326 e. The normalized spacial score (nSPS) is 11.1. The highest BCUT2D eigenvalue weighted by Gasteiger charge is 2.12. The van der Waals surface area contributed by atoms with Gasteiger partial charge in [0.15, 0.2) is 5.82 Å². The van der Waals surface area contributed by atoms with Crippen molar-refractivity contribution in [3.8, 4) is 0 Å². The Bertz CT molecular complexity index is 536. The molecule has 2 heterocycles. The maximum absolute atomic E-state index is 5.71. The summed E-state index contributed by atoms with van der Waals surface area (Å²) in [6.07, 6.45) is 0. The summed E-state index contributed by atoms with van der Waals surface area (Å²) in [7, 11) is 1.96. The Morgan fingerprint density at radius 2 is 1.88 bits per heavy atom. The second-order valence-electron chi connectivity index (χ2n) is 4.23. The van der Waals surface area contributed by atoms with E-state index in [1.807, 2.05) is 37.1 Å². The van der Waals surface area contributed by atoms with Crippen LogP contribution in [-0.4, -0.2) is 24.5 Å². The van der Waals surface area contributed by atoms with Crippen LogP contribution < -0.4 is 5.73 Å². The van der Waals surface area contributed by atoms with Crippen molar-refractivity contribution in [1.29, 1.82) is 0 Å². The maximum atomic E-state index is 5.71. The molecule has 0 unspecified atom stereocenters. The van der Waals surface area contributed by atoms with Gasteiger partial charge in [-0.05, 0) is 20.8 Å². The minimum absolute atomic E-state index is 0.523. The van der Waals surface area contributed by atoms with E-state index in [9.17, 15) is 0 Å². The lowest BCUT2D eigenvalue weighted by atomic mass is 10.2. The molecule has 0 aliphatic carbocycles. The Hall–Kier alpha value is -1.69. The van der Waals surface area contributed by atoms with Gasteiger partial charge < -0.3 is 10.3 Å². The molecular weight excluding hydrogens is 216 g/mol. The number of aromatic nitrogens is 5. The van der Waals surface area contributed by atoms with Gasteiger partial charge in [-0.25, -0.2) is 0 Å². The Morgan fingerprint density at radius 1 is 1.18 bits per heavy atom. The molecule has 0 amide bonds. The first-order valence-electron chi connectivity index (χ1n) is 5.62. The number of aryl methyl sites for hydroxylation is 2. The topological polar surface area (TPSA) is 74.5 Å². The number of hydrogen-bond acceptors (Lipinski definition) is 4. The molecule has 0 radical (unpaired) electrons. The van der Waals surface area contributed by atoms with E-state index in [1.165, 1.54) is 0 Å². The maximum Gasteiger partial charge on any atom is 0.154 e. The minimum atomic E-state index is 0.523. The molecule has 2 N–H and O–H groups in total. The molecule has 0 atom stereocenters. The van der Waals surface area contributed by atoms with Crippen LogP contribution in [0.25, 0.3) is 0 Å². The summed E-state index contributed by atoms with van der Waals surface area (Å²) in [6.45, 7) is 7.10. The van der Waals surface area contributed by atoms with E-state index in [4.69, 9.17) is 5.73 Å². The van der Waals surface area contributed by atoms with Crippen molar-refractivity contribution < 1.29 is 0 Å². The predicted molar refractivity (Wildman–Crippen MR) is 64.4 cm³/mol. The molecule has 2 aromatic rings. The molecule has 0 saturated carbocycles. The fourth-order valence-electron chi connectivity index (χ4n) is 1.91. The van der Waals surface area contributed by atoms with Crippen molar-refractivity contribution in [2.75, 3.05) is 0 Å². The van der Waals surface area contributed by atoms with E-state index in [2.05, 4.69) is 15.3 Å². The largest absolute Gasteiger partial charge is 0.326 e. The summed E-state index contributed by atoms with van der Waals surface area (Å²) in [5.41, 5.74) is 8.91. The van der Waals surface area contributed by atoms with Gasteiger partial charge in [0, 0.05) is 24.8 Å². The quantitative estimate of drug-likeness (QED) is 0.836. The molecule has 0 fully saturated rings. The standard InChI is InChI=1S/C11H18N6/c1-7-10(5-12)8(2)17(15-7)6-11-14-13-9(3)16(11)4/h5-6,12H2,1-4H3. The van der Waals surface area contributed by atoms with Crippen molar-refractivity contribution in [2.45, 2.75) is 33.9 Å². The van der Waals surface area contributed by atoms with Crippen LogP contribution >= 0.6 is 0 Å². The summed E-state index contributed by atoms with van der Waals surface area (Å²) in [5.74, 6) is 1.80. The first-order valence-corrected chi connectivity index (χ1v) is 5.62. The number of nitrogens with two attached hydrogens (primary N) is 1. The van der Waals surface area contributed by atoms with E-state index in [-0.39, 0.29) is 0 Å². The highest BCUT2D eigenvalue weighted by molar-refractivity contribution is 5.24. The fraction of sp³-hybridized carbons (Fsp3) is 0.545. The average Bonchev–Trinajstić information content (AvgIpc) is 2.74. The van der Waals surface area contributed by atoms with Crippen LogP contribution in [0.15, 0.2) is 0 Å². The molecule has 6 nitrogen and oxygen atoms in total. The first-order chi connectivity index (χ1) is 8.04. The molecule has 17 heavy (non-hydrogen) atoms. The van der Waals surface area contributed by atoms with Gasteiger partial charge in [0.1, 0.15) is 12.4 Å². The molecule has 0 aromatic carbocycles. The number of nitrogens with zero attached hydrogens (tertiary/aromatic N) is 5. The molecule has 0 bridgehead atoms. The smallest absolute Gasteiger partial charge is 0.154 e. The zero-order chi connectivity index (χ0) is 12.6. The van der Waals surface area contributed by atoms with Crippen LogP contribution in [0.2, 0.25) is 0 Å². The molecule has 2 rings (SSSR count). The highest BCUT2D eigenvalue weighted by atomic mass is 15.3. The lowest BCUT2D eigenvalue weighted by Crippen LogP contribution is -2.10. The monoisotopic (exact) mass is 234 g/mol. The Labute approximate surface area is 100 Å². The van der Waals surface area contributed by atoms with E-state index >= 15 is 0 Å². The van der Waals surface area contributed by atoms with Gasteiger partial charge in [-0.3, -0.25) is 4.68 Å². The summed E-state index contributed by atoms with van der Waals surface area (Å²) >= 11 is 0. The zero-order valence-electron chi connectivity index (χ0n) is 10.7. The molecule has 6 heteroatoms. The summed E-state index contributed by atoms with van der Waals surface area (Å²) < 4.78 is 3.90. The van der Waals surface area contributed by atoms with E-state index in [0.717, 1.165) is 28.6 Å². The first kappa shape index (κ1) is 11.8. The van der Waals surface area contributed by atoms with Crippen LogP contribution in [0.4, 0.5) is 0 Å². The van der Waals surface area contributed by atoms with Crippen molar-refractivity contribution >= 4 is 0 Å². The Kier molecular flexibility index (Phi) is 2.97. The molecule has 92 valence electrons. The van der Waals surface area contributed by atoms with Crippen molar-refractivity contribution in [3.05, 3.63) is 28.6 Å². The van der Waals surface area contributed by atoms with Gasteiger partial charge in [-0.15, -0.1) is 10.2 Å². The second kappa shape index (κ2) is 4.29. The van der Waals surface area contributed by atoms with Crippen molar-refractivity contribution in [3.63, 3.8) is 0 Å². The summed E-state index contributed by atoms with van der Waals surface area (Å²) in [4.78, 5) is 0. The van der Waals surface area contributed by atoms with E-state index in [1.54, 1.807) is 0 Å². The molecule has 0 aliphatic rings. The lowest BCUT2D eigenvalue weighted by molar-refractivity contribution is 0.608. The zero-order valence-corrected chi connectivity index (χ0v) is 10.7. The fourth-order valence-corrected chi connectivity index (χ4v) is 1.91. The molecule has 2 aromatic heterocycles. The van der Waals surface area contributed by atoms with Crippen LogP contribution in [-0.2, 0) is 20.1 Å². The molecule has 0 aliphatic heterocycles. The van der Waals surface area contributed by atoms with Crippen LogP contribution in [0.1, 0.15) is 28.6 Å². The third-order valence-corrected chi connectivity index (χ3v) is 3.21. The Morgan fingerprint density at radius 3 is 2.35 bits per heavy atom. The lowest BCUT2D eigenvalue weighted by Gasteiger charge is -2.04. The molecular formula is C11H18N6. The van der Waals surface area contributed by atoms with Crippen molar-refractivity contribution in [2.24, 2.45) is 12.8 Å². The average molecular weight is 234 g/mol. The predicted octanol–water partition coefficient (Wildman–Crippen LogP) is 0.444. The van der Waals surface area contributed by atoms with Gasteiger partial charge >= 0.3 is 0 Å². The van der Waals surface area contributed by atoms with Crippen LogP contribution in [0.5, 0.6) is 0 Å². The molecule has 0 saturated heterocycles. The van der Waals surface area contributed by atoms with Gasteiger partial charge in [0.25, 0.3) is 0 Å². The second-order valence-corrected chi connectivity index (χ2v) is 4.23. The van der Waals surface area contributed by atoms with E-state index < -0.39 is 0 Å². The Balaban J connectivity index is 2.34. The van der Waals surface area contributed by atoms with Crippen molar-refractivity contribution in [1.82, 2.24) is 24.5 Å². The van der Waals surface area contributed by atoms with Gasteiger partial charge in [-0.1, -0.05) is 0 Å². The number of hydrogen-bond donors (Lipinski definition) is 1. The van der Waals surface area contributed by atoms with Gasteiger partial charge in [0.05, 0.1) is 5.69 Å². The highest BCUT2D eigenvalue weighted by Crippen LogP contribution is 2.13. The van der Waals surface area contributed by atoms with Crippen LogP contribution in [0.3, 0.4) is 0 Å². The van der Waals surface area contributed by atoms with Gasteiger partial charge in [-0.2, -0.15) is 5.10 Å². The molecule has 0 spiro atoms. The summed E-state index contributed by atoms with van der Waals surface area (Å²) in [6, 6.07) is 0. The van der Waals surface area contributed by atoms with E-state index in [0.29, 0.717) is 13.1 Å². The van der Waals surface area contributed by atoms with Gasteiger partial charge in [0.2, 0.25) is 0 Å². The third-order valence-electron chi connectivity index (χ3n) is 3.21. The third kappa shape index (κ3) is 1.95. The number of rotatable bonds is 3. The summed E-state index contributed by atoms with van der Waals surface area (Å²) in [5, 5.41) is 12.7. The SMILES string of the molecule is Cc1nn(Cc2nnc(C)n2C)c(C)c1CN.